The monoisotopic (exact) mass is 233 g/mol. The smallest absolute Gasteiger partial charge is 0.119 e. The summed E-state index contributed by atoms with van der Waals surface area (Å²) in [6, 6.07) is 10.9. The first-order valence-electron chi connectivity index (χ1n) is 6.73. The van der Waals surface area contributed by atoms with Crippen molar-refractivity contribution in [1.29, 1.82) is 0 Å². The van der Waals surface area contributed by atoms with Crippen molar-refractivity contribution in [1.82, 2.24) is 5.32 Å². The Morgan fingerprint density at radius 1 is 1.24 bits per heavy atom. The molecule has 2 nitrogen and oxygen atoms in total. The lowest BCUT2D eigenvalue weighted by Crippen LogP contribution is -2.21. The van der Waals surface area contributed by atoms with Gasteiger partial charge in [-0.3, -0.25) is 0 Å². The molecule has 0 bridgehead atoms. The minimum atomic E-state index is 0.759. The van der Waals surface area contributed by atoms with Crippen LogP contribution in [0.5, 0.6) is 5.75 Å². The maximum Gasteiger partial charge on any atom is 0.119 e. The molecule has 17 heavy (non-hydrogen) atoms. The van der Waals surface area contributed by atoms with Gasteiger partial charge in [0.1, 0.15) is 5.75 Å². The summed E-state index contributed by atoms with van der Waals surface area (Å²) < 4.78 is 5.70. The molecule has 94 valence electrons. The van der Waals surface area contributed by atoms with E-state index in [0.29, 0.717) is 0 Å². The van der Waals surface area contributed by atoms with Crippen molar-refractivity contribution in [2.45, 2.75) is 38.1 Å². The van der Waals surface area contributed by atoms with Gasteiger partial charge in [-0.05, 0) is 57.2 Å². The van der Waals surface area contributed by atoms with Gasteiger partial charge in [-0.25, -0.2) is 0 Å². The summed E-state index contributed by atoms with van der Waals surface area (Å²) >= 11 is 0. The Bertz CT molecular complexity index is 312. The predicted octanol–water partition coefficient (Wildman–Crippen LogP) is 3.23. The molecule has 1 aliphatic rings. The number of benzene rings is 1. The number of ether oxygens (including phenoxy) is 1. The van der Waals surface area contributed by atoms with Gasteiger partial charge < -0.3 is 10.1 Å². The highest BCUT2D eigenvalue weighted by Crippen LogP contribution is 2.28. The Balaban J connectivity index is 1.58. The zero-order valence-electron chi connectivity index (χ0n) is 10.7. The second-order valence-corrected chi connectivity index (χ2v) is 4.97. The first-order valence-corrected chi connectivity index (χ1v) is 6.73. The van der Waals surface area contributed by atoms with Crippen molar-refractivity contribution in [3.8, 4) is 5.75 Å². The molecule has 1 aliphatic carbocycles. The molecule has 0 saturated heterocycles. The second-order valence-electron chi connectivity index (χ2n) is 4.97. The Morgan fingerprint density at radius 2 is 2.06 bits per heavy atom. The summed E-state index contributed by atoms with van der Waals surface area (Å²) in [5.41, 5.74) is 0. The van der Waals surface area contributed by atoms with Gasteiger partial charge in [-0.15, -0.1) is 0 Å². The van der Waals surface area contributed by atoms with Crippen molar-refractivity contribution in [2.75, 3.05) is 13.7 Å². The van der Waals surface area contributed by atoms with Gasteiger partial charge in [-0.1, -0.05) is 18.2 Å². The fourth-order valence-electron chi connectivity index (χ4n) is 2.68. The van der Waals surface area contributed by atoms with Crippen LogP contribution in [0.1, 0.15) is 32.1 Å². The van der Waals surface area contributed by atoms with E-state index in [1.807, 2.05) is 30.3 Å². The highest BCUT2D eigenvalue weighted by molar-refractivity contribution is 5.20. The Labute approximate surface area is 104 Å². The van der Waals surface area contributed by atoms with Crippen LogP contribution in [0.4, 0.5) is 0 Å². The van der Waals surface area contributed by atoms with Gasteiger partial charge in [0.15, 0.2) is 0 Å². The van der Waals surface area contributed by atoms with E-state index in [-0.39, 0.29) is 0 Å². The number of hydrogen-bond acceptors (Lipinski definition) is 2. The molecular formula is C15H23NO. The van der Waals surface area contributed by atoms with E-state index >= 15 is 0 Å². The Kier molecular flexibility index (Phi) is 4.87. The standard InChI is InChI=1S/C15H23NO/c1-16-14-10-9-13(12-14)6-5-11-17-15-7-3-2-4-8-15/h2-4,7-8,13-14,16H,5-6,9-12H2,1H3. The molecule has 0 spiro atoms. The fourth-order valence-corrected chi connectivity index (χ4v) is 2.68. The molecule has 0 aromatic heterocycles. The number of rotatable bonds is 6. The van der Waals surface area contributed by atoms with E-state index in [1.165, 1.54) is 32.1 Å². The number of hydrogen-bond donors (Lipinski definition) is 1. The summed E-state index contributed by atoms with van der Waals surface area (Å²) in [7, 11) is 2.07. The van der Waals surface area contributed by atoms with E-state index in [9.17, 15) is 0 Å². The molecule has 1 saturated carbocycles. The van der Waals surface area contributed by atoms with Crippen LogP contribution in [0.25, 0.3) is 0 Å². The van der Waals surface area contributed by atoms with E-state index in [1.54, 1.807) is 0 Å². The lowest BCUT2D eigenvalue weighted by molar-refractivity contribution is 0.292. The second kappa shape index (κ2) is 6.65. The van der Waals surface area contributed by atoms with Crippen LogP contribution in [-0.4, -0.2) is 19.7 Å². The number of nitrogens with one attached hydrogen (secondary N) is 1. The summed E-state index contributed by atoms with van der Waals surface area (Å²) in [5, 5.41) is 3.38. The SMILES string of the molecule is CNC1CCC(CCCOc2ccccc2)C1. The van der Waals surface area contributed by atoms with Crippen LogP contribution in [-0.2, 0) is 0 Å². The molecule has 2 unspecified atom stereocenters. The normalized spacial score (nSPS) is 23.8. The van der Waals surface area contributed by atoms with E-state index in [0.717, 1.165) is 24.3 Å². The molecule has 1 aromatic carbocycles. The summed E-state index contributed by atoms with van der Waals surface area (Å²) in [6.45, 7) is 0.852. The minimum absolute atomic E-state index is 0.759. The Hall–Kier alpha value is -1.02. The third-order valence-electron chi connectivity index (χ3n) is 3.72. The van der Waals surface area contributed by atoms with Gasteiger partial charge in [0.25, 0.3) is 0 Å². The first-order chi connectivity index (χ1) is 8.38. The summed E-state index contributed by atoms with van der Waals surface area (Å²) in [6.07, 6.45) is 6.57. The zero-order chi connectivity index (χ0) is 11.9. The third kappa shape index (κ3) is 4.04. The van der Waals surface area contributed by atoms with Crippen LogP contribution in [0, 0.1) is 5.92 Å². The van der Waals surface area contributed by atoms with Gasteiger partial charge >= 0.3 is 0 Å². The predicted molar refractivity (Wildman–Crippen MR) is 71.4 cm³/mol. The van der Waals surface area contributed by atoms with E-state index in [2.05, 4.69) is 12.4 Å². The molecule has 0 amide bonds. The molecule has 1 fully saturated rings. The maximum atomic E-state index is 5.70. The summed E-state index contributed by atoms with van der Waals surface area (Å²) in [5.74, 6) is 1.90. The quantitative estimate of drug-likeness (QED) is 0.762. The van der Waals surface area contributed by atoms with Crippen molar-refractivity contribution in [3.63, 3.8) is 0 Å². The molecule has 0 aliphatic heterocycles. The fraction of sp³-hybridized carbons (Fsp3) is 0.600. The van der Waals surface area contributed by atoms with Crippen LogP contribution < -0.4 is 10.1 Å². The van der Waals surface area contributed by atoms with Gasteiger partial charge in [0.05, 0.1) is 6.61 Å². The van der Waals surface area contributed by atoms with Crippen LogP contribution in [0.3, 0.4) is 0 Å². The summed E-state index contributed by atoms with van der Waals surface area (Å²) in [4.78, 5) is 0. The van der Waals surface area contributed by atoms with E-state index in [4.69, 9.17) is 4.74 Å². The molecule has 2 heteroatoms. The van der Waals surface area contributed by atoms with Gasteiger partial charge in [0.2, 0.25) is 0 Å². The molecule has 1 aromatic rings. The highest BCUT2D eigenvalue weighted by atomic mass is 16.5. The van der Waals surface area contributed by atoms with Crippen LogP contribution in [0.2, 0.25) is 0 Å². The molecule has 0 radical (unpaired) electrons. The highest BCUT2D eigenvalue weighted by Gasteiger charge is 2.22. The van der Waals surface area contributed by atoms with E-state index < -0.39 is 0 Å². The lowest BCUT2D eigenvalue weighted by atomic mass is 10.0. The lowest BCUT2D eigenvalue weighted by Gasteiger charge is -2.11. The van der Waals surface area contributed by atoms with Crippen molar-refractivity contribution < 1.29 is 4.74 Å². The maximum absolute atomic E-state index is 5.70. The minimum Gasteiger partial charge on any atom is -0.494 e. The number of para-hydroxylation sites is 1. The zero-order valence-corrected chi connectivity index (χ0v) is 10.7. The average molecular weight is 233 g/mol. The molecule has 1 N–H and O–H groups in total. The topological polar surface area (TPSA) is 21.3 Å². The van der Waals surface area contributed by atoms with Crippen LogP contribution >= 0.6 is 0 Å². The molecule has 0 heterocycles. The first kappa shape index (κ1) is 12.4. The largest absolute Gasteiger partial charge is 0.494 e. The van der Waals surface area contributed by atoms with Gasteiger partial charge in [0, 0.05) is 6.04 Å². The molecule has 2 rings (SSSR count). The molecule has 2 atom stereocenters. The third-order valence-corrected chi connectivity index (χ3v) is 3.72. The average Bonchev–Trinajstić information content (AvgIpc) is 2.84. The van der Waals surface area contributed by atoms with Gasteiger partial charge in [-0.2, -0.15) is 0 Å². The van der Waals surface area contributed by atoms with Crippen LogP contribution in [0.15, 0.2) is 30.3 Å². The Morgan fingerprint density at radius 3 is 2.76 bits per heavy atom. The molecular weight excluding hydrogens is 210 g/mol. The van der Waals surface area contributed by atoms with Crippen molar-refractivity contribution in [2.24, 2.45) is 5.92 Å². The van der Waals surface area contributed by atoms with Crippen molar-refractivity contribution in [3.05, 3.63) is 30.3 Å². The van der Waals surface area contributed by atoms with Crippen molar-refractivity contribution >= 4 is 0 Å².